The van der Waals surface area contributed by atoms with Crippen LogP contribution < -0.4 is 26.2 Å². The van der Waals surface area contributed by atoms with E-state index >= 15 is 0 Å². The van der Waals surface area contributed by atoms with E-state index in [0.717, 1.165) is 25.7 Å². The molecule has 0 amide bonds. The molecule has 51 heavy (non-hydrogen) atoms. The predicted octanol–water partition coefficient (Wildman–Crippen LogP) is 10.6. The van der Waals surface area contributed by atoms with Gasteiger partial charge in [-0.1, -0.05) is 124 Å². The molecule has 0 unspecified atom stereocenters. The van der Waals surface area contributed by atoms with Gasteiger partial charge in [0.2, 0.25) is 0 Å². The molecule has 0 aromatic heterocycles. The molecular formula is C48H53BN2. The van der Waals surface area contributed by atoms with E-state index in [0.29, 0.717) is 0 Å². The summed E-state index contributed by atoms with van der Waals surface area (Å²) < 4.78 is 0. The van der Waals surface area contributed by atoms with Crippen molar-refractivity contribution >= 4 is 57.2 Å². The van der Waals surface area contributed by atoms with Crippen LogP contribution in [0.3, 0.4) is 0 Å². The van der Waals surface area contributed by atoms with Crippen LogP contribution in [0.1, 0.15) is 103 Å². The minimum Gasteiger partial charge on any atom is -0.311 e. The van der Waals surface area contributed by atoms with E-state index in [9.17, 15) is 0 Å². The fraction of sp³-hybridized carbons (Fsp3) is 0.375. The molecule has 0 N–H and O–H groups in total. The summed E-state index contributed by atoms with van der Waals surface area (Å²) in [7, 11) is 0. The highest BCUT2D eigenvalue weighted by Gasteiger charge is 2.45. The molecule has 0 bridgehead atoms. The van der Waals surface area contributed by atoms with Crippen molar-refractivity contribution in [3.05, 3.63) is 124 Å². The molecule has 5 aromatic rings. The molecule has 0 saturated carbocycles. The van der Waals surface area contributed by atoms with Crippen LogP contribution in [0.4, 0.5) is 34.1 Å². The zero-order chi connectivity index (χ0) is 35.8. The maximum absolute atomic E-state index is 2.66. The zero-order valence-corrected chi connectivity index (χ0v) is 32.5. The van der Waals surface area contributed by atoms with E-state index in [4.69, 9.17) is 0 Å². The summed E-state index contributed by atoms with van der Waals surface area (Å²) in [6.07, 6.45) is 4.44. The van der Waals surface area contributed by atoms with Gasteiger partial charge in [0.1, 0.15) is 0 Å². The van der Waals surface area contributed by atoms with Crippen molar-refractivity contribution in [3.63, 3.8) is 0 Å². The molecule has 5 aromatic carbocycles. The summed E-state index contributed by atoms with van der Waals surface area (Å²) in [5, 5.41) is 0. The number of nitrogens with zero attached hydrogens (tertiary/aromatic N) is 2. The van der Waals surface area contributed by atoms with Gasteiger partial charge in [0.05, 0.1) is 0 Å². The highest BCUT2D eigenvalue weighted by atomic mass is 15.2. The molecule has 0 radical (unpaired) electrons. The molecule has 0 spiro atoms. The van der Waals surface area contributed by atoms with Crippen LogP contribution in [-0.2, 0) is 36.5 Å². The van der Waals surface area contributed by atoms with Crippen molar-refractivity contribution < 1.29 is 0 Å². The molecule has 258 valence electrons. The lowest BCUT2D eigenvalue weighted by Gasteiger charge is -2.45. The van der Waals surface area contributed by atoms with Crippen molar-refractivity contribution in [2.75, 3.05) is 9.80 Å². The summed E-state index contributed by atoms with van der Waals surface area (Å²) in [4.78, 5) is 5.32. The van der Waals surface area contributed by atoms with Crippen LogP contribution in [-0.4, -0.2) is 6.71 Å². The van der Waals surface area contributed by atoms with E-state index in [-0.39, 0.29) is 28.4 Å². The lowest BCUT2D eigenvalue weighted by atomic mass is 9.33. The van der Waals surface area contributed by atoms with E-state index in [1.54, 1.807) is 0 Å². The molecule has 3 heteroatoms. The molecule has 0 atom stereocenters. The van der Waals surface area contributed by atoms with Gasteiger partial charge in [-0.3, -0.25) is 0 Å². The minimum atomic E-state index is 0.0355. The highest BCUT2D eigenvalue weighted by Crippen LogP contribution is 2.51. The Labute approximate surface area is 307 Å². The third kappa shape index (κ3) is 5.05. The first-order valence-electron chi connectivity index (χ1n) is 19.2. The van der Waals surface area contributed by atoms with Gasteiger partial charge in [-0.2, -0.15) is 0 Å². The predicted molar refractivity (Wildman–Crippen MR) is 220 cm³/mol. The van der Waals surface area contributed by atoms with E-state index in [1.807, 2.05) is 0 Å². The van der Waals surface area contributed by atoms with Gasteiger partial charge >= 0.3 is 0 Å². The lowest BCUT2D eigenvalue weighted by molar-refractivity contribution is 0.392. The van der Waals surface area contributed by atoms with Gasteiger partial charge in [-0.05, 0) is 134 Å². The van der Waals surface area contributed by atoms with Crippen LogP contribution in [0.5, 0.6) is 0 Å². The molecule has 2 aliphatic carbocycles. The van der Waals surface area contributed by atoms with Gasteiger partial charge in [-0.15, -0.1) is 0 Å². The first-order chi connectivity index (χ1) is 24.0. The number of anilines is 6. The van der Waals surface area contributed by atoms with Crippen LogP contribution >= 0.6 is 0 Å². The quantitative estimate of drug-likeness (QED) is 0.169. The zero-order valence-electron chi connectivity index (χ0n) is 32.5. The topological polar surface area (TPSA) is 6.48 Å². The summed E-state index contributed by atoms with van der Waals surface area (Å²) in [6, 6.07) is 36.1. The van der Waals surface area contributed by atoms with Gasteiger partial charge in [-0.25, -0.2) is 0 Å². The number of benzene rings is 5. The second-order valence-electron chi connectivity index (χ2n) is 19.7. The van der Waals surface area contributed by atoms with E-state index in [2.05, 4.69) is 170 Å². The third-order valence-electron chi connectivity index (χ3n) is 12.4. The Balaban J connectivity index is 1.36. The second kappa shape index (κ2) is 10.7. The third-order valence-corrected chi connectivity index (χ3v) is 12.4. The minimum absolute atomic E-state index is 0.0355. The maximum Gasteiger partial charge on any atom is 0.252 e. The molecule has 2 nitrogen and oxygen atoms in total. The summed E-state index contributed by atoms with van der Waals surface area (Å²) >= 11 is 0. The second-order valence-corrected chi connectivity index (χ2v) is 19.7. The molecule has 2 aliphatic heterocycles. The summed E-state index contributed by atoms with van der Waals surface area (Å²) in [5.41, 5.74) is 21.6. The molecule has 0 fully saturated rings. The van der Waals surface area contributed by atoms with E-state index < -0.39 is 0 Å². The van der Waals surface area contributed by atoms with Gasteiger partial charge in [0, 0.05) is 34.1 Å². The molecular weight excluding hydrogens is 615 g/mol. The Hall–Kier alpha value is -4.24. The lowest BCUT2D eigenvalue weighted by Crippen LogP contribution is -2.61. The van der Waals surface area contributed by atoms with E-state index in [1.165, 1.54) is 83.9 Å². The molecule has 0 saturated heterocycles. The van der Waals surface area contributed by atoms with Gasteiger partial charge in [0.25, 0.3) is 6.71 Å². The Kier molecular flexibility index (Phi) is 6.82. The number of fused-ring (bicyclic) bond motifs is 6. The maximum atomic E-state index is 2.66. The summed E-state index contributed by atoms with van der Waals surface area (Å²) in [6.45, 7) is 23.9. The first kappa shape index (κ1) is 32.7. The number of rotatable bonds is 2. The Morgan fingerprint density at radius 3 is 1.27 bits per heavy atom. The number of hydrogen-bond donors (Lipinski definition) is 0. The van der Waals surface area contributed by atoms with Crippen LogP contribution in [0.2, 0.25) is 0 Å². The Bertz CT molecular complexity index is 2100. The summed E-state index contributed by atoms with van der Waals surface area (Å²) in [5.74, 6) is 0. The average Bonchev–Trinajstić information content (AvgIpc) is 3.56. The van der Waals surface area contributed by atoms with Gasteiger partial charge < -0.3 is 9.80 Å². The highest BCUT2D eigenvalue weighted by molar-refractivity contribution is 7.00. The fourth-order valence-corrected chi connectivity index (χ4v) is 9.89. The van der Waals surface area contributed by atoms with Crippen molar-refractivity contribution in [1.82, 2.24) is 0 Å². The molecule has 9 rings (SSSR count). The van der Waals surface area contributed by atoms with Crippen LogP contribution in [0.15, 0.2) is 91.0 Å². The Morgan fingerprint density at radius 2 is 0.863 bits per heavy atom. The van der Waals surface area contributed by atoms with Crippen LogP contribution in [0, 0.1) is 10.8 Å². The molecule has 4 aliphatic rings. The van der Waals surface area contributed by atoms with Crippen molar-refractivity contribution in [1.29, 1.82) is 0 Å². The van der Waals surface area contributed by atoms with Crippen molar-refractivity contribution in [3.8, 4) is 0 Å². The SMILES string of the molecule is CC1(C)Cc2cccc(N3c4cc(C(C)(C)C)ccc4B4c5ccc(C(C)(C)C)cc5N(c5cccc6c5CC(C)(C)C6)c5cccc3c54)c2C1. The van der Waals surface area contributed by atoms with Crippen molar-refractivity contribution in [2.45, 2.75) is 106 Å². The standard InChI is InChI=1S/C48H53BN2/c1-45(2,3)32-20-22-36-42(24-32)50(38-16-11-14-30-26-47(7,8)28-34(30)38)40-18-13-19-41-44(40)49(36)37-23-21-33(46(4,5)6)25-43(37)51(41)39-17-12-15-31-27-48(9,10)29-35(31)39/h11-25H,26-29H2,1-10H3. The largest absolute Gasteiger partial charge is 0.311 e. The monoisotopic (exact) mass is 668 g/mol. The fourth-order valence-electron chi connectivity index (χ4n) is 9.89. The smallest absolute Gasteiger partial charge is 0.252 e. The van der Waals surface area contributed by atoms with Crippen LogP contribution in [0.25, 0.3) is 0 Å². The average molecular weight is 669 g/mol. The van der Waals surface area contributed by atoms with Crippen molar-refractivity contribution in [2.24, 2.45) is 10.8 Å². The normalized spacial score (nSPS) is 17.9. The van der Waals surface area contributed by atoms with Gasteiger partial charge in [0.15, 0.2) is 0 Å². The molecule has 2 heterocycles. The Morgan fingerprint density at radius 1 is 0.471 bits per heavy atom. The number of hydrogen-bond acceptors (Lipinski definition) is 2. The first-order valence-corrected chi connectivity index (χ1v) is 19.2.